The fourth-order valence-electron chi connectivity index (χ4n) is 2.85. The highest BCUT2D eigenvalue weighted by Crippen LogP contribution is 2.49. The number of rotatable bonds is 6. The van der Waals surface area contributed by atoms with Crippen molar-refractivity contribution < 1.29 is 18.0 Å². The number of hydrogen-bond donors (Lipinski definition) is 1. The lowest BCUT2D eigenvalue weighted by molar-refractivity contribution is -0.137. The highest BCUT2D eigenvalue weighted by atomic mass is 19.4. The Hall–Kier alpha value is -1.56. The van der Waals surface area contributed by atoms with Crippen LogP contribution in [-0.2, 0) is 11.0 Å². The number of nitrogens with two attached hydrogens (primary N) is 1. The average Bonchev–Trinajstić information content (AvgIpc) is 3.31. The Bertz CT molecular complexity index is 586. The standard InChI is InChI=1S/C18H25F3N2O/c1-11(2)16(22)7-8-23(3)17(24)15-10-14(15)12-5-4-6-13(9-12)18(19,20)21/h4-6,9,11,14-16H,7-8,10,22H2,1-3H3. The Kier molecular flexibility index (Phi) is 5.58. The molecule has 0 spiro atoms. The van der Waals surface area contributed by atoms with Crippen molar-refractivity contribution in [1.29, 1.82) is 0 Å². The summed E-state index contributed by atoms with van der Waals surface area (Å²) in [6.07, 6.45) is -3.02. The summed E-state index contributed by atoms with van der Waals surface area (Å²) in [7, 11) is 1.73. The van der Waals surface area contributed by atoms with Crippen molar-refractivity contribution in [2.24, 2.45) is 17.6 Å². The van der Waals surface area contributed by atoms with E-state index in [0.29, 0.717) is 24.4 Å². The first-order chi connectivity index (χ1) is 11.1. The zero-order valence-corrected chi connectivity index (χ0v) is 14.3. The van der Waals surface area contributed by atoms with E-state index in [1.807, 2.05) is 13.8 Å². The van der Waals surface area contributed by atoms with E-state index in [1.54, 1.807) is 18.0 Å². The maximum absolute atomic E-state index is 12.8. The van der Waals surface area contributed by atoms with Gasteiger partial charge < -0.3 is 10.6 Å². The first-order valence-electron chi connectivity index (χ1n) is 8.29. The van der Waals surface area contributed by atoms with E-state index in [2.05, 4.69) is 0 Å². The van der Waals surface area contributed by atoms with Gasteiger partial charge in [-0.3, -0.25) is 4.79 Å². The summed E-state index contributed by atoms with van der Waals surface area (Å²) in [6, 6.07) is 5.33. The van der Waals surface area contributed by atoms with Gasteiger partial charge in [0.1, 0.15) is 0 Å². The zero-order chi connectivity index (χ0) is 18.1. The number of carbonyl (C=O) groups is 1. The molecule has 3 unspecified atom stereocenters. The Morgan fingerprint density at radius 3 is 2.62 bits per heavy atom. The van der Waals surface area contributed by atoms with Crippen molar-refractivity contribution >= 4 is 5.91 Å². The molecule has 1 aromatic rings. The van der Waals surface area contributed by atoms with Crippen molar-refractivity contribution in [1.82, 2.24) is 4.90 Å². The third-order valence-corrected chi connectivity index (χ3v) is 4.78. The van der Waals surface area contributed by atoms with E-state index in [4.69, 9.17) is 5.73 Å². The van der Waals surface area contributed by atoms with Crippen LogP contribution < -0.4 is 5.73 Å². The fourth-order valence-corrected chi connectivity index (χ4v) is 2.85. The second kappa shape index (κ2) is 7.13. The number of carbonyl (C=O) groups excluding carboxylic acids is 1. The largest absolute Gasteiger partial charge is 0.416 e. The number of halogens is 3. The predicted molar refractivity (Wildman–Crippen MR) is 87.4 cm³/mol. The van der Waals surface area contributed by atoms with Gasteiger partial charge in [0.25, 0.3) is 0 Å². The molecular formula is C18H25F3N2O. The van der Waals surface area contributed by atoms with Crippen LogP contribution in [0.3, 0.4) is 0 Å². The average molecular weight is 342 g/mol. The molecule has 2 N–H and O–H groups in total. The van der Waals surface area contributed by atoms with Crippen LogP contribution in [0.4, 0.5) is 13.2 Å². The van der Waals surface area contributed by atoms with E-state index in [0.717, 1.165) is 18.6 Å². The maximum atomic E-state index is 12.8. The van der Waals surface area contributed by atoms with Gasteiger partial charge in [0, 0.05) is 25.6 Å². The number of benzene rings is 1. The van der Waals surface area contributed by atoms with E-state index in [1.165, 1.54) is 6.07 Å². The van der Waals surface area contributed by atoms with Gasteiger partial charge in [-0.25, -0.2) is 0 Å². The molecule has 1 amide bonds. The smallest absolute Gasteiger partial charge is 0.345 e. The van der Waals surface area contributed by atoms with Crippen LogP contribution in [-0.4, -0.2) is 30.4 Å². The molecule has 6 heteroatoms. The Morgan fingerprint density at radius 2 is 2.04 bits per heavy atom. The normalized spacial score (nSPS) is 21.7. The van der Waals surface area contributed by atoms with Gasteiger partial charge in [-0.1, -0.05) is 32.0 Å². The molecule has 2 rings (SSSR count). The molecule has 24 heavy (non-hydrogen) atoms. The van der Waals surface area contributed by atoms with Crippen molar-refractivity contribution in [3.8, 4) is 0 Å². The molecule has 3 nitrogen and oxygen atoms in total. The SMILES string of the molecule is CC(C)C(N)CCN(C)C(=O)C1CC1c1cccc(C(F)(F)F)c1. The summed E-state index contributed by atoms with van der Waals surface area (Å²) in [5.74, 6) is 0.0235. The van der Waals surface area contributed by atoms with E-state index < -0.39 is 11.7 Å². The summed E-state index contributed by atoms with van der Waals surface area (Å²) in [5.41, 5.74) is 5.92. The van der Waals surface area contributed by atoms with Gasteiger partial charge in [0.15, 0.2) is 0 Å². The summed E-state index contributed by atoms with van der Waals surface area (Å²) < 4.78 is 38.4. The molecule has 134 valence electrons. The molecule has 0 bridgehead atoms. The molecule has 0 aromatic heterocycles. The maximum Gasteiger partial charge on any atom is 0.416 e. The van der Waals surface area contributed by atoms with E-state index in [-0.39, 0.29) is 23.8 Å². The third kappa shape index (κ3) is 4.50. The second-order valence-electron chi connectivity index (χ2n) is 7.03. The first-order valence-corrected chi connectivity index (χ1v) is 8.29. The van der Waals surface area contributed by atoms with Gasteiger partial charge in [0.2, 0.25) is 5.91 Å². The molecule has 1 fully saturated rings. The fraction of sp³-hybridized carbons (Fsp3) is 0.611. The van der Waals surface area contributed by atoms with Gasteiger partial charge >= 0.3 is 6.18 Å². The molecular weight excluding hydrogens is 317 g/mol. The first kappa shape index (κ1) is 18.8. The van der Waals surface area contributed by atoms with E-state index in [9.17, 15) is 18.0 Å². The van der Waals surface area contributed by atoms with E-state index >= 15 is 0 Å². The Balaban J connectivity index is 1.93. The molecule has 1 saturated carbocycles. The van der Waals surface area contributed by atoms with Crippen LogP contribution in [0.25, 0.3) is 0 Å². The van der Waals surface area contributed by atoms with Gasteiger partial charge in [-0.2, -0.15) is 13.2 Å². The molecule has 3 atom stereocenters. The summed E-state index contributed by atoms with van der Waals surface area (Å²) in [4.78, 5) is 14.1. The van der Waals surface area contributed by atoms with Gasteiger partial charge in [-0.05, 0) is 36.3 Å². The van der Waals surface area contributed by atoms with Gasteiger partial charge in [-0.15, -0.1) is 0 Å². The molecule has 1 aliphatic carbocycles. The topological polar surface area (TPSA) is 46.3 Å². The predicted octanol–water partition coefficient (Wildman–Crippen LogP) is 3.64. The lowest BCUT2D eigenvalue weighted by Gasteiger charge is -2.21. The van der Waals surface area contributed by atoms with Crippen LogP contribution >= 0.6 is 0 Å². The summed E-state index contributed by atoms with van der Waals surface area (Å²) in [5, 5.41) is 0. The number of nitrogens with zero attached hydrogens (tertiary/aromatic N) is 1. The van der Waals surface area contributed by atoms with Gasteiger partial charge in [0.05, 0.1) is 5.56 Å². The number of alkyl halides is 3. The molecule has 0 heterocycles. The molecule has 0 radical (unpaired) electrons. The minimum Gasteiger partial charge on any atom is -0.345 e. The van der Waals surface area contributed by atoms with Crippen LogP contribution in [0.2, 0.25) is 0 Å². The highest BCUT2D eigenvalue weighted by Gasteiger charge is 2.45. The molecule has 0 saturated heterocycles. The third-order valence-electron chi connectivity index (χ3n) is 4.78. The van der Waals surface area contributed by atoms with Crippen LogP contribution in [0.15, 0.2) is 24.3 Å². The molecule has 0 aliphatic heterocycles. The molecule has 1 aliphatic rings. The Morgan fingerprint density at radius 1 is 1.38 bits per heavy atom. The Labute approximate surface area is 141 Å². The number of amides is 1. The van der Waals surface area contributed by atoms with Crippen molar-refractivity contribution in [3.05, 3.63) is 35.4 Å². The monoisotopic (exact) mass is 342 g/mol. The highest BCUT2D eigenvalue weighted by molar-refractivity contribution is 5.82. The van der Waals surface area contributed by atoms with Crippen molar-refractivity contribution in [2.45, 2.75) is 44.8 Å². The lowest BCUT2D eigenvalue weighted by Crippen LogP contribution is -2.35. The zero-order valence-electron chi connectivity index (χ0n) is 14.3. The summed E-state index contributed by atoms with van der Waals surface area (Å²) >= 11 is 0. The minimum atomic E-state index is -4.35. The van der Waals surface area contributed by atoms with Crippen LogP contribution in [0.5, 0.6) is 0 Å². The minimum absolute atomic E-state index is 0.00614. The second-order valence-corrected chi connectivity index (χ2v) is 7.03. The van der Waals surface area contributed by atoms with Crippen molar-refractivity contribution in [3.63, 3.8) is 0 Å². The van der Waals surface area contributed by atoms with Crippen LogP contribution in [0, 0.1) is 11.8 Å². The van der Waals surface area contributed by atoms with Crippen LogP contribution in [0.1, 0.15) is 43.7 Å². The molecule has 1 aromatic carbocycles. The lowest BCUT2D eigenvalue weighted by atomic mass is 10.0. The van der Waals surface area contributed by atoms with Crippen molar-refractivity contribution in [2.75, 3.05) is 13.6 Å². The number of hydrogen-bond acceptors (Lipinski definition) is 2. The quantitative estimate of drug-likeness (QED) is 0.858. The summed E-state index contributed by atoms with van der Waals surface area (Å²) in [6.45, 7) is 4.65.